The smallest absolute Gasteiger partial charge is 0.0322 e. The zero-order valence-electron chi connectivity index (χ0n) is 6.92. The first-order chi connectivity index (χ1) is 5.70. The molecule has 0 saturated heterocycles. The fourth-order valence-electron chi connectivity index (χ4n) is 0.766. The molecular formula is C8H12BrNS2. The van der Waals surface area contributed by atoms with Gasteiger partial charge in [-0.15, -0.1) is 11.3 Å². The Kier molecular flexibility index (Phi) is 4.64. The molecule has 0 spiro atoms. The summed E-state index contributed by atoms with van der Waals surface area (Å²) >= 11 is 7.18. The quantitative estimate of drug-likeness (QED) is 0.906. The average molecular weight is 266 g/mol. The van der Waals surface area contributed by atoms with Crippen molar-refractivity contribution in [2.75, 3.05) is 5.75 Å². The third-order valence-corrected chi connectivity index (χ3v) is 4.67. The molecule has 0 amide bonds. The summed E-state index contributed by atoms with van der Waals surface area (Å²) < 4.78 is 1.23. The van der Waals surface area contributed by atoms with Crippen LogP contribution in [-0.4, -0.2) is 11.8 Å². The van der Waals surface area contributed by atoms with Crippen LogP contribution < -0.4 is 5.73 Å². The molecule has 0 aliphatic heterocycles. The van der Waals surface area contributed by atoms with Crippen molar-refractivity contribution in [1.82, 2.24) is 0 Å². The van der Waals surface area contributed by atoms with Crippen molar-refractivity contribution >= 4 is 39.0 Å². The number of rotatable bonds is 4. The first-order valence-corrected chi connectivity index (χ1v) is 6.58. The van der Waals surface area contributed by atoms with Gasteiger partial charge in [-0.1, -0.05) is 0 Å². The van der Waals surface area contributed by atoms with Gasteiger partial charge in [0.15, 0.2) is 0 Å². The molecule has 4 heteroatoms. The number of hydrogen-bond donors (Lipinski definition) is 1. The summed E-state index contributed by atoms with van der Waals surface area (Å²) in [7, 11) is 0. The minimum Gasteiger partial charge on any atom is -0.327 e. The number of nitrogens with two attached hydrogens (primary N) is 1. The van der Waals surface area contributed by atoms with Crippen LogP contribution in [0.1, 0.15) is 11.8 Å². The van der Waals surface area contributed by atoms with Crippen LogP contribution in [-0.2, 0) is 5.75 Å². The third kappa shape index (κ3) is 3.47. The van der Waals surface area contributed by atoms with Gasteiger partial charge in [0.1, 0.15) is 0 Å². The molecule has 0 saturated carbocycles. The van der Waals surface area contributed by atoms with E-state index in [0.717, 1.165) is 11.5 Å². The van der Waals surface area contributed by atoms with Crippen LogP contribution >= 0.6 is 39.0 Å². The topological polar surface area (TPSA) is 26.0 Å². The molecule has 1 heterocycles. The van der Waals surface area contributed by atoms with Crippen molar-refractivity contribution in [3.05, 3.63) is 20.8 Å². The molecule has 0 fully saturated rings. The summed E-state index contributed by atoms with van der Waals surface area (Å²) in [6.45, 7) is 2.04. The van der Waals surface area contributed by atoms with Gasteiger partial charge in [-0.05, 0) is 34.3 Å². The SMILES string of the molecule is CC(N)CSCc1sccc1Br. The van der Waals surface area contributed by atoms with Gasteiger partial charge in [-0.3, -0.25) is 0 Å². The molecule has 1 unspecified atom stereocenters. The Balaban J connectivity index is 2.29. The van der Waals surface area contributed by atoms with E-state index in [1.165, 1.54) is 9.35 Å². The lowest BCUT2D eigenvalue weighted by atomic mass is 10.4. The van der Waals surface area contributed by atoms with Crippen molar-refractivity contribution in [3.63, 3.8) is 0 Å². The zero-order valence-corrected chi connectivity index (χ0v) is 10.1. The summed E-state index contributed by atoms with van der Waals surface area (Å²) in [5, 5.41) is 2.10. The molecule has 1 nitrogen and oxygen atoms in total. The molecule has 2 N–H and O–H groups in total. The van der Waals surface area contributed by atoms with Gasteiger partial charge in [0.2, 0.25) is 0 Å². The van der Waals surface area contributed by atoms with Gasteiger partial charge < -0.3 is 5.73 Å². The molecule has 12 heavy (non-hydrogen) atoms. The Labute approximate surface area is 89.9 Å². The van der Waals surface area contributed by atoms with Crippen molar-refractivity contribution in [2.45, 2.75) is 18.7 Å². The van der Waals surface area contributed by atoms with Crippen LogP contribution in [0.2, 0.25) is 0 Å². The summed E-state index contributed by atoms with van der Waals surface area (Å²) in [5.41, 5.74) is 5.64. The molecule has 1 atom stereocenters. The van der Waals surface area contributed by atoms with Crippen molar-refractivity contribution < 1.29 is 0 Å². The fraction of sp³-hybridized carbons (Fsp3) is 0.500. The zero-order chi connectivity index (χ0) is 8.97. The lowest BCUT2D eigenvalue weighted by molar-refractivity contribution is 0.847. The lowest BCUT2D eigenvalue weighted by Gasteiger charge is -2.03. The highest BCUT2D eigenvalue weighted by molar-refractivity contribution is 9.10. The van der Waals surface area contributed by atoms with Crippen molar-refractivity contribution in [3.8, 4) is 0 Å². The molecule has 1 rings (SSSR count). The second-order valence-electron chi connectivity index (χ2n) is 2.68. The predicted octanol–water partition coefficient (Wildman–Crippen LogP) is 3.09. The normalized spacial score (nSPS) is 13.2. The largest absolute Gasteiger partial charge is 0.327 e. The molecule has 1 aromatic rings. The van der Waals surface area contributed by atoms with E-state index in [2.05, 4.69) is 27.4 Å². The monoisotopic (exact) mass is 265 g/mol. The van der Waals surface area contributed by atoms with E-state index in [4.69, 9.17) is 5.73 Å². The summed E-state index contributed by atoms with van der Waals surface area (Å²) in [6.07, 6.45) is 0. The van der Waals surface area contributed by atoms with E-state index >= 15 is 0 Å². The Morgan fingerprint density at radius 2 is 2.50 bits per heavy atom. The van der Waals surface area contributed by atoms with Crippen molar-refractivity contribution in [1.29, 1.82) is 0 Å². The van der Waals surface area contributed by atoms with E-state index in [1.54, 1.807) is 11.3 Å². The highest BCUT2D eigenvalue weighted by Crippen LogP contribution is 2.26. The van der Waals surface area contributed by atoms with Gasteiger partial charge in [0, 0.05) is 26.9 Å². The molecule has 0 aromatic carbocycles. The van der Waals surface area contributed by atoms with E-state index < -0.39 is 0 Å². The molecule has 0 bridgehead atoms. The van der Waals surface area contributed by atoms with Crippen LogP contribution in [0, 0.1) is 0 Å². The second kappa shape index (κ2) is 5.27. The third-order valence-electron chi connectivity index (χ3n) is 1.30. The highest BCUT2D eigenvalue weighted by atomic mass is 79.9. The summed E-state index contributed by atoms with van der Waals surface area (Å²) in [4.78, 5) is 1.40. The summed E-state index contributed by atoms with van der Waals surface area (Å²) in [5.74, 6) is 2.10. The average Bonchev–Trinajstić information content (AvgIpc) is 2.36. The minimum absolute atomic E-state index is 0.300. The van der Waals surface area contributed by atoms with Crippen LogP contribution in [0.3, 0.4) is 0 Å². The van der Waals surface area contributed by atoms with E-state index in [9.17, 15) is 0 Å². The van der Waals surface area contributed by atoms with Crippen LogP contribution in [0.25, 0.3) is 0 Å². The molecule has 68 valence electrons. The van der Waals surface area contributed by atoms with E-state index in [-0.39, 0.29) is 0 Å². The fourth-order valence-corrected chi connectivity index (χ4v) is 3.58. The molecular weight excluding hydrogens is 254 g/mol. The maximum atomic E-state index is 5.64. The Hall–Kier alpha value is 0.490. The van der Waals surface area contributed by atoms with Gasteiger partial charge in [0.05, 0.1) is 0 Å². The minimum atomic E-state index is 0.300. The first kappa shape index (κ1) is 10.6. The van der Waals surface area contributed by atoms with E-state index in [0.29, 0.717) is 6.04 Å². The van der Waals surface area contributed by atoms with Crippen molar-refractivity contribution in [2.24, 2.45) is 5.73 Å². The molecule has 1 aromatic heterocycles. The number of halogens is 1. The van der Waals surface area contributed by atoms with Gasteiger partial charge in [-0.2, -0.15) is 11.8 Å². The maximum Gasteiger partial charge on any atom is 0.0322 e. The Bertz CT molecular complexity index is 235. The molecule has 0 aliphatic carbocycles. The van der Waals surface area contributed by atoms with Gasteiger partial charge in [-0.25, -0.2) is 0 Å². The van der Waals surface area contributed by atoms with E-state index in [1.807, 2.05) is 18.7 Å². The predicted molar refractivity (Wildman–Crippen MR) is 61.8 cm³/mol. The second-order valence-corrected chi connectivity index (χ2v) is 5.57. The highest BCUT2D eigenvalue weighted by Gasteiger charge is 2.01. The number of hydrogen-bond acceptors (Lipinski definition) is 3. The Morgan fingerprint density at radius 1 is 1.75 bits per heavy atom. The standard InChI is InChI=1S/C8H12BrNS2/c1-6(10)4-11-5-8-7(9)2-3-12-8/h2-3,6H,4-5,10H2,1H3. The van der Waals surface area contributed by atoms with Gasteiger partial charge in [0.25, 0.3) is 0 Å². The lowest BCUT2D eigenvalue weighted by Crippen LogP contribution is -2.17. The Morgan fingerprint density at radius 3 is 3.00 bits per heavy atom. The number of thiophene rings is 1. The molecule has 0 radical (unpaired) electrons. The first-order valence-electron chi connectivity index (χ1n) is 3.75. The van der Waals surface area contributed by atoms with Gasteiger partial charge >= 0.3 is 0 Å². The van der Waals surface area contributed by atoms with Crippen LogP contribution in [0.4, 0.5) is 0 Å². The summed E-state index contributed by atoms with van der Waals surface area (Å²) in [6, 6.07) is 2.39. The van der Waals surface area contributed by atoms with Crippen LogP contribution in [0.5, 0.6) is 0 Å². The maximum absolute atomic E-state index is 5.64. The molecule has 0 aliphatic rings. The number of thioether (sulfide) groups is 1. The van der Waals surface area contributed by atoms with Crippen LogP contribution in [0.15, 0.2) is 15.9 Å².